The second-order valence-corrected chi connectivity index (χ2v) is 5.19. The van der Waals surface area contributed by atoms with E-state index < -0.39 is 0 Å². The highest BCUT2D eigenvalue weighted by atomic mass is 79.9. The van der Waals surface area contributed by atoms with Gasteiger partial charge in [0.25, 0.3) is 0 Å². The van der Waals surface area contributed by atoms with Crippen molar-refractivity contribution in [3.63, 3.8) is 0 Å². The van der Waals surface area contributed by atoms with Crippen LogP contribution in [0.3, 0.4) is 0 Å². The number of nitrogens with two attached hydrogens (primary N) is 1. The fourth-order valence-corrected chi connectivity index (χ4v) is 2.84. The minimum atomic E-state index is 0.729. The first kappa shape index (κ1) is 11.9. The molecule has 0 aliphatic carbocycles. The third-order valence-electron chi connectivity index (χ3n) is 3.13. The monoisotopic (exact) mass is 283 g/mol. The van der Waals surface area contributed by atoms with E-state index in [0.29, 0.717) is 0 Å². The Balaban J connectivity index is 2.07. The first-order chi connectivity index (χ1) is 7.81. The van der Waals surface area contributed by atoms with E-state index in [9.17, 15) is 0 Å². The van der Waals surface area contributed by atoms with Crippen LogP contribution in [0.25, 0.3) is 0 Å². The van der Waals surface area contributed by atoms with Crippen LogP contribution in [-0.2, 0) is 0 Å². The summed E-state index contributed by atoms with van der Waals surface area (Å²) in [5.74, 6) is 1.80. The Hall–Kier alpha value is -0.610. The molecular weight excluding hydrogens is 266 g/mol. The molecule has 3 nitrogen and oxygen atoms in total. The van der Waals surface area contributed by atoms with Crippen LogP contribution in [0.2, 0.25) is 0 Å². The van der Waals surface area contributed by atoms with E-state index in [1.807, 2.05) is 12.3 Å². The summed E-state index contributed by atoms with van der Waals surface area (Å²) in [7, 11) is 0. The van der Waals surface area contributed by atoms with Crippen molar-refractivity contribution >= 4 is 21.7 Å². The second-order valence-electron chi connectivity index (χ2n) is 4.34. The van der Waals surface area contributed by atoms with Crippen molar-refractivity contribution in [1.29, 1.82) is 0 Å². The molecule has 4 heteroatoms. The number of aromatic nitrogens is 1. The van der Waals surface area contributed by atoms with Crippen molar-refractivity contribution in [1.82, 2.24) is 4.98 Å². The highest BCUT2D eigenvalue weighted by Crippen LogP contribution is 2.28. The topological polar surface area (TPSA) is 42.1 Å². The molecule has 1 aromatic heterocycles. The Kier molecular flexibility index (Phi) is 4.18. The zero-order valence-electron chi connectivity index (χ0n) is 9.40. The van der Waals surface area contributed by atoms with Gasteiger partial charge in [0, 0.05) is 19.3 Å². The van der Waals surface area contributed by atoms with E-state index in [0.717, 1.165) is 42.3 Å². The Labute approximate surface area is 105 Å². The number of nitrogens with zero attached hydrogens (tertiary/aromatic N) is 2. The molecule has 1 atom stereocenters. The largest absolute Gasteiger partial charge is 0.355 e. The van der Waals surface area contributed by atoms with Crippen molar-refractivity contribution in [2.75, 3.05) is 24.5 Å². The Morgan fingerprint density at radius 1 is 1.56 bits per heavy atom. The molecule has 88 valence electrons. The summed E-state index contributed by atoms with van der Waals surface area (Å²) < 4.78 is 1.09. The summed E-state index contributed by atoms with van der Waals surface area (Å²) in [6.45, 7) is 2.99. The van der Waals surface area contributed by atoms with E-state index >= 15 is 0 Å². The van der Waals surface area contributed by atoms with E-state index in [4.69, 9.17) is 5.73 Å². The Morgan fingerprint density at radius 2 is 2.44 bits per heavy atom. The molecule has 0 spiro atoms. The van der Waals surface area contributed by atoms with Crippen LogP contribution < -0.4 is 10.6 Å². The minimum Gasteiger partial charge on any atom is -0.355 e. The average molecular weight is 284 g/mol. The number of piperidine rings is 1. The van der Waals surface area contributed by atoms with Crippen LogP contribution in [0.4, 0.5) is 5.82 Å². The maximum absolute atomic E-state index is 5.63. The SMILES string of the molecule is NCCC1CCCN(c2ncccc2Br)C1. The number of hydrogen-bond acceptors (Lipinski definition) is 3. The first-order valence-corrected chi connectivity index (χ1v) is 6.66. The van der Waals surface area contributed by atoms with Gasteiger partial charge in [-0.2, -0.15) is 0 Å². The molecular formula is C12H18BrN3. The van der Waals surface area contributed by atoms with Crippen molar-refractivity contribution in [2.45, 2.75) is 19.3 Å². The molecule has 1 fully saturated rings. The van der Waals surface area contributed by atoms with Crippen LogP contribution in [-0.4, -0.2) is 24.6 Å². The average Bonchev–Trinajstić information content (AvgIpc) is 2.30. The summed E-state index contributed by atoms with van der Waals surface area (Å²) in [5, 5.41) is 0. The zero-order chi connectivity index (χ0) is 11.4. The van der Waals surface area contributed by atoms with Gasteiger partial charge in [-0.25, -0.2) is 4.98 Å². The second kappa shape index (κ2) is 5.64. The van der Waals surface area contributed by atoms with Crippen LogP contribution in [0.15, 0.2) is 22.8 Å². The number of halogens is 1. The third kappa shape index (κ3) is 2.74. The Bertz CT molecular complexity index is 341. The molecule has 1 aromatic rings. The minimum absolute atomic E-state index is 0.729. The summed E-state index contributed by atoms with van der Waals surface area (Å²) >= 11 is 3.56. The summed E-state index contributed by atoms with van der Waals surface area (Å²) in [4.78, 5) is 6.81. The van der Waals surface area contributed by atoms with Crippen molar-refractivity contribution < 1.29 is 0 Å². The van der Waals surface area contributed by atoms with Gasteiger partial charge < -0.3 is 10.6 Å². The standard InChI is InChI=1S/C12H18BrN3/c13-11-4-1-7-15-12(11)16-8-2-3-10(9-16)5-6-14/h1,4,7,10H,2-3,5-6,8-9,14H2. The predicted octanol–water partition coefficient (Wildman–Crippen LogP) is 2.41. The first-order valence-electron chi connectivity index (χ1n) is 5.87. The van der Waals surface area contributed by atoms with Crippen molar-refractivity contribution in [2.24, 2.45) is 11.7 Å². The number of anilines is 1. The summed E-state index contributed by atoms with van der Waals surface area (Å²) in [5.41, 5.74) is 5.63. The molecule has 1 saturated heterocycles. The lowest BCUT2D eigenvalue weighted by molar-refractivity contribution is 0.394. The van der Waals surface area contributed by atoms with Gasteiger partial charge in [-0.3, -0.25) is 0 Å². The van der Waals surface area contributed by atoms with E-state index in [-0.39, 0.29) is 0 Å². The van der Waals surface area contributed by atoms with Gasteiger partial charge in [0.15, 0.2) is 0 Å². The molecule has 1 unspecified atom stereocenters. The molecule has 1 aliphatic rings. The van der Waals surface area contributed by atoms with E-state index in [1.165, 1.54) is 12.8 Å². The molecule has 2 N–H and O–H groups in total. The number of pyridine rings is 1. The molecule has 16 heavy (non-hydrogen) atoms. The lowest BCUT2D eigenvalue weighted by Crippen LogP contribution is -2.36. The Morgan fingerprint density at radius 3 is 3.19 bits per heavy atom. The third-order valence-corrected chi connectivity index (χ3v) is 3.75. The van der Waals surface area contributed by atoms with Crippen LogP contribution >= 0.6 is 15.9 Å². The summed E-state index contributed by atoms with van der Waals surface area (Å²) in [6, 6.07) is 4.00. The van der Waals surface area contributed by atoms with E-state index in [1.54, 1.807) is 0 Å². The molecule has 0 aromatic carbocycles. The lowest BCUT2D eigenvalue weighted by atomic mass is 9.95. The highest BCUT2D eigenvalue weighted by Gasteiger charge is 2.21. The molecule has 0 saturated carbocycles. The zero-order valence-corrected chi connectivity index (χ0v) is 11.0. The van der Waals surface area contributed by atoms with Crippen LogP contribution in [0.5, 0.6) is 0 Å². The molecule has 1 aliphatic heterocycles. The predicted molar refractivity (Wildman–Crippen MR) is 70.5 cm³/mol. The number of rotatable bonds is 3. The van der Waals surface area contributed by atoms with Gasteiger partial charge >= 0.3 is 0 Å². The van der Waals surface area contributed by atoms with Crippen LogP contribution in [0, 0.1) is 5.92 Å². The molecule has 0 bridgehead atoms. The van der Waals surface area contributed by atoms with E-state index in [2.05, 4.69) is 31.9 Å². The fourth-order valence-electron chi connectivity index (χ4n) is 2.34. The van der Waals surface area contributed by atoms with Crippen molar-refractivity contribution in [3.8, 4) is 0 Å². The van der Waals surface area contributed by atoms with Gasteiger partial charge in [0.2, 0.25) is 0 Å². The van der Waals surface area contributed by atoms with Crippen LogP contribution in [0.1, 0.15) is 19.3 Å². The maximum atomic E-state index is 5.63. The van der Waals surface area contributed by atoms with Crippen molar-refractivity contribution in [3.05, 3.63) is 22.8 Å². The lowest BCUT2D eigenvalue weighted by Gasteiger charge is -2.33. The quantitative estimate of drug-likeness (QED) is 0.926. The molecule has 2 rings (SSSR count). The smallest absolute Gasteiger partial charge is 0.142 e. The van der Waals surface area contributed by atoms with Gasteiger partial charge in [0.1, 0.15) is 5.82 Å². The van der Waals surface area contributed by atoms with Gasteiger partial charge in [-0.1, -0.05) is 0 Å². The van der Waals surface area contributed by atoms with Gasteiger partial charge in [-0.05, 0) is 59.8 Å². The molecule has 0 amide bonds. The highest BCUT2D eigenvalue weighted by molar-refractivity contribution is 9.10. The summed E-state index contributed by atoms with van der Waals surface area (Å²) in [6.07, 6.45) is 5.53. The van der Waals surface area contributed by atoms with Gasteiger partial charge in [-0.15, -0.1) is 0 Å². The molecule has 0 radical (unpaired) electrons. The molecule has 2 heterocycles. The normalized spacial score (nSPS) is 21.1. The number of hydrogen-bond donors (Lipinski definition) is 1. The van der Waals surface area contributed by atoms with Gasteiger partial charge in [0.05, 0.1) is 4.47 Å². The fraction of sp³-hybridized carbons (Fsp3) is 0.583. The maximum Gasteiger partial charge on any atom is 0.142 e.